The van der Waals surface area contributed by atoms with Crippen LogP contribution in [0, 0.1) is 12.7 Å². The monoisotopic (exact) mass is 467 g/mol. The molecule has 166 valence electrons. The Morgan fingerprint density at radius 1 is 1.16 bits per heavy atom. The molecule has 0 spiro atoms. The number of benzene rings is 1. The summed E-state index contributed by atoms with van der Waals surface area (Å²) in [5.41, 5.74) is 7.49. The molecule has 0 bridgehead atoms. The number of fused-ring (bicyclic) bond motifs is 1. The lowest BCUT2D eigenvalue weighted by Gasteiger charge is -2.09. The average Bonchev–Trinajstić information content (AvgIpc) is 3.02. The fourth-order valence-electron chi connectivity index (χ4n) is 3.41. The Bertz CT molecular complexity index is 1360. The number of aromatic nitrogens is 5. The van der Waals surface area contributed by atoms with E-state index in [0.717, 1.165) is 9.08 Å². The Kier molecular flexibility index (Phi) is 5.37. The smallest absolute Gasteiger partial charge is 0.319 e. The minimum atomic E-state index is -4.46. The molecule has 0 saturated carbocycles. The van der Waals surface area contributed by atoms with Gasteiger partial charge >= 0.3 is 17.8 Å². The average molecular weight is 468 g/mol. The zero-order valence-corrected chi connectivity index (χ0v) is 17.3. The van der Waals surface area contributed by atoms with Gasteiger partial charge in [0.1, 0.15) is 16.7 Å². The van der Waals surface area contributed by atoms with Gasteiger partial charge in [0.15, 0.2) is 0 Å². The number of nitrogens with two attached hydrogens (primary N) is 1. The maximum atomic E-state index is 13.5. The van der Waals surface area contributed by atoms with E-state index in [-0.39, 0.29) is 22.4 Å². The Labute approximate surface area is 183 Å². The molecular formula is C20H16ClF4N6O+. The van der Waals surface area contributed by atoms with Crippen LogP contribution in [0.3, 0.4) is 0 Å². The number of hydrogen-bond acceptors (Lipinski definition) is 4. The molecule has 0 amide bonds. The number of aromatic amines is 1. The van der Waals surface area contributed by atoms with Gasteiger partial charge in [-0.1, -0.05) is 11.6 Å². The van der Waals surface area contributed by atoms with Crippen LogP contribution in [0.2, 0.25) is 5.15 Å². The number of nitrogens with zero attached hydrogens (tertiary/aromatic N) is 4. The lowest BCUT2D eigenvalue weighted by Crippen LogP contribution is -2.44. The second kappa shape index (κ2) is 7.90. The molecule has 0 unspecified atom stereocenters. The number of alkyl halides is 3. The van der Waals surface area contributed by atoms with Crippen LogP contribution in [-0.2, 0) is 6.54 Å². The Hall–Kier alpha value is -3.47. The number of aryl methyl sites for hydroxylation is 2. The number of pyridine rings is 1. The minimum Gasteiger partial charge on any atom is -0.319 e. The molecule has 4 aromatic rings. The first-order valence-corrected chi connectivity index (χ1v) is 9.72. The van der Waals surface area contributed by atoms with Gasteiger partial charge in [0.2, 0.25) is 5.65 Å². The number of halogens is 5. The highest BCUT2D eigenvalue weighted by Gasteiger charge is 2.30. The SMILES string of the molecule is Cc1cc(-c2c(-c3ccc(F)cc3)nc(N)[n+]3c(=O)n(CCC(F)(F)F)[nH]c23)cc(Cl)n1. The van der Waals surface area contributed by atoms with Crippen LogP contribution >= 0.6 is 11.6 Å². The summed E-state index contributed by atoms with van der Waals surface area (Å²) in [6.45, 7) is 1.07. The predicted molar refractivity (Wildman–Crippen MR) is 109 cm³/mol. The number of nitrogen functional groups attached to an aromatic ring is 1. The van der Waals surface area contributed by atoms with Gasteiger partial charge in [-0.25, -0.2) is 19.3 Å². The maximum absolute atomic E-state index is 13.5. The molecule has 0 saturated heterocycles. The second-order valence-corrected chi connectivity index (χ2v) is 7.50. The number of anilines is 1. The first-order chi connectivity index (χ1) is 15.0. The quantitative estimate of drug-likeness (QED) is 0.272. The summed E-state index contributed by atoms with van der Waals surface area (Å²) in [6.07, 6.45) is -5.67. The van der Waals surface area contributed by atoms with Crippen molar-refractivity contribution in [3.63, 3.8) is 0 Å². The number of nitrogens with one attached hydrogen (secondary N) is 1. The van der Waals surface area contributed by atoms with Crippen molar-refractivity contribution in [3.05, 3.63) is 63.5 Å². The molecule has 3 heterocycles. The Morgan fingerprint density at radius 3 is 2.47 bits per heavy atom. The van der Waals surface area contributed by atoms with E-state index in [0.29, 0.717) is 22.4 Å². The van der Waals surface area contributed by atoms with Crippen molar-refractivity contribution in [1.82, 2.24) is 19.7 Å². The van der Waals surface area contributed by atoms with Gasteiger partial charge < -0.3 is 5.73 Å². The van der Waals surface area contributed by atoms with E-state index in [4.69, 9.17) is 17.3 Å². The van der Waals surface area contributed by atoms with Gasteiger partial charge in [-0.15, -0.1) is 9.38 Å². The lowest BCUT2D eigenvalue weighted by molar-refractivity contribution is -0.516. The van der Waals surface area contributed by atoms with Crippen LogP contribution in [0.4, 0.5) is 23.5 Å². The molecule has 3 N–H and O–H groups in total. The van der Waals surface area contributed by atoms with E-state index in [1.165, 1.54) is 30.3 Å². The van der Waals surface area contributed by atoms with E-state index in [1.54, 1.807) is 13.0 Å². The summed E-state index contributed by atoms with van der Waals surface area (Å²) in [7, 11) is 0. The third-order valence-electron chi connectivity index (χ3n) is 4.76. The van der Waals surface area contributed by atoms with Gasteiger partial charge in [-0.3, -0.25) is 0 Å². The molecule has 0 atom stereocenters. The standard InChI is InChI=1S/C20H15ClF4N6O/c1-10-8-12(9-14(21)27-10)15-16(11-2-4-13(22)5-3-11)28-18(26)31-17(15)29-30(19(31)32)7-6-20(23,24)25/h2-5,8-9H,6-7H2,1H3,(H2,26,27,28,29)/p+1. The molecule has 1 aromatic carbocycles. The highest BCUT2D eigenvalue weighted by molar-refractivity contribution is 6.29. The predicted octanol–water partition coefficient (Wildman–Crippen LogP) is 3.67. The van der Waals surface area contributed by atoms with Crippen molar-refractivity contribution < 1.29 is 22.0 Å². The molecular weight excluding hydrogens is 452 g/mol. The van der Waals surface area contributed by atoms with Gasteiger partial charge in [0.05, 0.1) is 18.5 Å². The van der Waals surface area contributed by atoms with Crippen molar-refractivity contribution in [2.24, 2.45) is 0 Å². The molecule has 0 radical (unpaired) electrons. The summed E-state index contributed by atoms with van der Waals surface area (Å²) >= 11 is 6.12. The highest BCUT2D eigenvalue weighted by atomic mass is 35.5. The van der Waals surface area contributed by atoms with Crippen LogP contribution in [0.25, 0.3) is 28.0 Å². The summed E-state index contributed by atoms with van der Waals surface area (Å²) in [4.78, 5) is 21.2. The van der Waals surface area contributed by atoms with Crippen molar-refractivity contribution >= 4 is 23.2 Å². The molecule has 32 heavy (non-hydrogen) atoms. The molecule has 0 aliphatic carbocycles. The van der Waals surface area contributed by atoms with Crippen molar-refractivity contribution in [2.75, 3.05) is 5.73 Å². The van der Waals surface area contributed by atoms with E-state index < -0.39 is 30.6 Å². The van der Waals surface area contributed by atoms with E-state index in [9.17, 15) is 22.4 Å². The zero-order chi connectivity index (χ0) is 23.2. The molecule has 0 aliphatic heterocycles. The molecule has 12 heteroatoms. The fourth-order valence-corrected chi connectivity index (χ4v) is 3.66. The number of hydrogen-bond donors (Lipinski definition) is 2. The van der Waals surface area contributed by atoms with E-state index in [1.807, 2.05) is 0 Å². The zero-order valence-electron chi connectivity index (χ0n) is 16.5. The van der Waals surface area contributed by atoms with Crippen LogP contribution < -0.4 is 15.8 Å². The lowest BCUT2D eigenvalue weighted by atomic mass is 10.00. The second-order valence-electron chi connectivity index (χ2n) is 7.12. The van der Waals surface area contributed by atoms with Crippen LogP contribution in [0.1, 0.15) is 12.1 Å². The minimum absolute atomic E-state index is 0.116. The van der Waals surface area contributed by atoms with Crippen LogP contribution in [-0.4, -0.2) is 25.9 Å². The largest absolute Gasteiger partial charge is 0.428 e. The first kappa shape index (κ1) is 21.8. The normalized spacial score (nSPS) is 11.9. The van der Waals surface area contributed by atoms with Crippen LogP contribution in [0.15, 0.2) is 41.2 Å². The Morgan fingerprint density at radius 2 is 1.84 bits per heavy atom. The molecule has 0 aliphatic rings. The summed E-state index contributed by atoms with van der Waals surface area (Å²) in [6, 6.07) is 8.63. The highest BCUT2D eigenvalue weighted by Crippen LogP contribution is 2.34. The molecule has 3 aromatic heterocycles. The topological polar surface area (TPSA) is 93.7 Å². The van der Waals surface area contributed by atoms with Crippen molar-refractivity contribution in [2.45, 2.75) is 26.1 Å². The van der Waals surface area contributed by atoms with Crippen molar-refractivity contribution in [1.29, 1.82) is 0 Å². The third kappa shape index (κ3) is 4.15. The van der Waals surface area contributed by atoms with E-state index in [2.05, 4.69) is 15.1 Å². The van der Waals surface area contributed by atoms with Crippen LogP contribution in [0.5, 0.6) is 0 Å². The first-order valence-electron chi connectivity index (χ1n) is 9.35. The maximum Gasteiger partial charge on any atom is 0.428 e. The number of H-pyrrole nitrogens is 1. The van der Waals surface area contributed by atoms with Crippen molar-refractivity contribution in [3.8, 4) is 22.4 Å². The summed E-state index contributed by atoms with van der Waals surface area (Å²) < 4.78 is 53.5. The van der Waals surface area contributed by atoms with E-state index >= 15 is 0 Å². The molecule has 0 fully saturated rings. The summed E-state index contributed by atoms with van der Waals surface area (Å²) in [5, 5.41) is 2.88. The summed E-state index contributed by atoms with van der Waals surface area (Å²) in [5.74, 6) is -0.708. The van der Waals surface area contributed by atoms with Gasteiger partial charge in [-0.2, -0.15) is 17.9 Å². The number of rotatable bonds is 4. The fraction of sp³-hybridized carbons (Fsp3) is 0.200. The van der Waals surface area contributed by atoms with Gasteiger partial charge in [-0.05, 0) is 48.9 Å². The van der Waals surface area contributed by atoms with Gasteiger partial charge in [0, 0.05) is 11.3 Å². The molecule has 7 nitrogen and oxygen atoms in total. The Balaban J connectivity index is 2.05. The van der Waals surface area contributed by atoms with Gasteiger partial charge in [0.25, 0.3) is 0 Å². The third-order valence-corrected chi connectivity index (χ3v) is 4.96. The molecule has 4 rings (SSSR count).